The number of nitriles is 1. The molecule has 2 N–H and O–H groups in total. The van der Waals surface area contributed by atoms with E-state index in [4.69, 9.17) is 11.0 Å². The lowest BCUT2D eigenvalue weighted by Crippen LogP contribution is -2.41. The summed E-state index contributed by atoms with van der Waals surface area (Å²) in [4.78, 5) is 3.58. The number of likely N-dealkylation sites (N-methyl/N-ethyl adjacent to an activating group) is 1. The Morgan fingerprint density at radius 3 is 2.65 bits per heavy atom. The SMILES string of the molecule is CCN(CC(C)C#N)C(c1cccs1)C(C)N. The maximum absolute atomic E-state index is 8.92. The number of nitrogens with two attached hydrogens (primary N) is 1. The maximum Gasteiger partial charge on any atom is 0.0666 e. The molecule has 0 bridgehead atoms. The molecule has 17 heavy (non-hydrogen) atoms. The molecule has 3 unspecified atom stereocenters. The first-order chi connectivity index (χ1) is 8.10. The first-order valence-electron chi connectivity index (χ1n) is 6.02. The Labute approximate surface area is 108 Å². The summed E-state index contributed by atoms with van der Waals surface area (Å²) in [5.74, 6) is 0.0381. The van der Waals surface area contributed by atoms with Crippen molar-refractivity contribution < 1.29 is 0 Å². The topological polar surface area (TPSA) is 53.0 Å². The standard InChI is InChI=1S/C13H21N3S/c1-4-16(9-10(2)8-14)13(11(3)15)12-6-5-7-17-12/h5-7,10-11,13H,4,9,15H2,1-3H3. The lowest BCUT2D eigenvalue weighted by atomic mass is 10.0. The summed E-state index contributed by atoms with van der Waals surface area (Å²) in [6.07, 6.45) is 0. The molecule has 1 aromatic heterocycles. The molecule has 0 aliphatic heterocycles. The first-order valence-corrected chi connectivity index (χ1v) is 6.90. The molecule has 3 nitrogen and oxygen atoms in total. The minimum absolute atomic E-state index is 0.0381. The second kappa shape index (κ2) is 6.75. The van der Waals surface area contributed by atoms with Gasteiger partial charge in [0.15, 0.2) is 0 Å². The summed E-state index contributed by atoms with van der Waals surface area (Å²) in [7, 11) is 0. The third kappa shape index (κ3) is 3.81. The van der Waals surface area contributed by atoms with E-state index in [0.717, 1.165) is 13.1 Å². The van der Waals surface area contributed by atoms with Gasteiger partial charge >= 0.3 is 0 Å². The molecule has 1 rings (SSSR count). The molecule has 1 heterocycles. The zero-order valence-corrected chi connectivity index (χ0v) is 11.6. The minimum Gasteiger partial charge on any atom is -0.326 e. The van der Waals surface area contributed by atoms with Gasteiger partial charge in [0.1, 0.15) is 0 Å². The Kier molecular flexibility index (Phi) is 5.63. The molecule has 0 saturated carbocycles. The van der Waals surface area contributed by atoms with Gasteiger partial charge in [0.25, 0.3) is 0 Å². The van der Waals surface area contributed by atoms with Crippen LogP contribution in [0.2, 0.25) is 0 Å². The number of rotatable bonds is 6. The largest absolute Gasteiger partial charge is 0.326 e. The fourth-order valence-electron chi connectivity index (χ4n) is 2.06. The van der Waals surface area contributed by atoms with Gasteiger partial charge in [-0.2, -0.15) is 5.26 Å². The van der Waals surface area contributed by atoms with Crippen molar-refractivity contribution in [3.63, 3.8) is 0 Å². The third-order valence-electron chi connectivity index (χ3n) is 2.86. The third-order valence-corrected chi connectivity index (χ3v) is 3.80. The van der Waals surface area contributed by atoms with E-state index in [0.29, 0.717) is 0 Å². The Hall–Kier alpha value is -0.890. The minimum atomic E-state index is 0.0381. The van der Waals surface area contributed by atoms with Crippen molar-refractivity contribution in [3.05, 3.63) is 22.4 Å². The molecule has 0 spiro atoms. The average molecular weight is 251 g/mol. The highest BCUT2D eigenvalue weighted by Crippen LogP contribution is 2.27. The normalized spacial score (nSPS) is 16.5. The highest BCUT2D eigenvalue weighted by Gasteiger charge is 2.24. The van der Waals surface area contributed by atoms with E-state index in [1.165, 1.54) is 4.88 Å². The first kappa shape index (κ1) is 14.2. The summed E-state index contributed by atoms with van der Waals surface area (Å²) in [6, 6.07) is 6.75. The Bertz CT molecular complexity index is 353. The molecule has 0 aliphatic carbocycles. The summed E-state index contributed by atoms with van der Waals surface area (Å²) < 4.78 is 0. The van der Waals surface area contributed by atoms with Crippen molar-refractivity contribution in [1.29, 1.82) is 5.26 Å². The van der Waals surface area contributed by atoms with Crippen molar-refractivity contribution in [2.75, 3.05) is 13.1 Å². The van der Waals surface area contributed by atoms with Gasteiger partial charge in [-0.1, -0.05) is 13.0 Å². The molecule has 0 amide bonds. The molecule has 4 heteroatoms. The van der Waals surface area contributed by atoms with Gasteiger partial charge in [-0.15, -0.1) is 11.3 Å². The summed E-state index contributed by atoms with van der Waals surface area (Å²) in [5, 5.41) is 11.0. The fourth-order valence-corrected chi connectivity index (χ4v) is 3.04. The second-order valence-electron chi connectivity index (χ2n) is 4.44. The van der Waals surface area contributed by atoms with E-state index in [1.807, 2.05) is 13.8 Å². The van der Waals surface area contributed by atoms with Crippen LogP contribution in [-0.2, 0) is 0 Å². The van der Waals surface area contributed by atoms with E-state index in [2.05, 4.69) is 35.4 Å². The maximum atomic E-state index is 8.92. The van der Waals surface area contributed by atoms with E-state index in [9.17, 15) is 0 Å². The highest BCUT2D eigenvalue weighted by atomic mass is 32.1. The van der Waals surface area contributed by atoms with Crippen molar-refractivity contribution >= 4 is 11.3 Å². The fraction of sp³-hybridized carbons (Fsp3) is 0.615. The molecule has 0 aliphatic rings. The number of thiophene rings is 1. The van der Waals surface area contributed by atoms with Crippen LogP contribution in [0.4, 0.5) is 0 Å². The molecule has 0 aromatic carbocycles. The Morgan fingerprint density at radius 1 is 1.53 bits per heavy atom. The van der Waals surface area contributed by atoms with Crippen LogP contribution in [0.3, 0.4) is 0 Å². The van der Waals surface area contributed by atoms with Crippen molar-refractivity contribution in [3.8, 4) is 6.07 Å². The van der Waals surface area contributed by atoms with Crippen LogP contribution in [0, 0.1) is 17.2 Å². The van der Waals surface area contributed by atoms with Crippen LogP contribution in [0.15, 0.2) is 17.5 Å². The molecule has 94 valence electrons. The summed E-state index contributed by atoms with van der Waals surface area (Å²) in [6.45, 7) is 7.79. The quantitative estimate of drug-likeness (QED) is 0.845. The van der Waals surface area contributed by atoms with E-state index in [-0.39, 0.29) is 18.0 Å². The Balaban J connectivity index is 2.85. The monoisotopic (exact) mass is 251 g/mol. The smallest absolute Gasteiger partial charge is 0.0666 e. The predicted octanol–water partition coefficient (Wildman–Crippen LogP) is 2.62. The van der Waals surface area contributed by atoms with Crippen LogP contribution in [0.1, 0.15) is 31.7 Å². The summed E-state index contributed by atoms with van der Waals surface area (Å²) in [5.41, 5.74) is 6.10. The van der Waals surface area contributed by atoms with E-state index in [1.54, 1.807) is 11.3 Å². The zero-order valence-electron chi connectivity index (χ0n) is 10.8. The van der Waals surface area contributed by atoms with Gasteiger partial charge < -0.3 is 5.73 Å². The predicted molar refractivity (Wildman–Crippen MR) is 72.7 cm³/mol. The van der Waals surface area contributed by atoms with Gasteiger partial charge in [0.05, 0.1) is 18.0 Å². The van der Waals surface area contributed by atoms with Gasteiger partial charge in [-0.05, 0) is 31.8 Å². The molecular formula is C13H21N3S. The van der Waals surface area contributed by atoms with Crippen LogP contribution in [0.5, 0.6) is 0 Å². The molecule has 0 radical (unpaired) electrons. The Morgan fingerprint density at radius 2 is 2.24 bits per heavy atom. The van der Waals surface area contributed by atoms with Crippen molar-refractivity contribution in [1.82, 2.24) is 4.90 Å². The molecule has 3 atom stereocenters. The van der Waals surface area contributed by atoms with Gasteiger partial charge in [0.2, 0.25) is 0 Å². The number of hydrogen-bond donors (Lipinski definition) is 1. The van der Waals surface area contributed by atoms with Gasteiger partial charge in [0, 0.05) is 17.5 Å². The molecular weight excluding hydrogens is 230 g/mol. The number of nitrogens with zero attached hydrogens (tertiary/aromatic N) is 2. The van der Waals surface area contributed by atoms with Crippen molar-refractivity contribution in [2.45, 2.75) is 32.9 Å². The van der Waals surface area contributed by atoms with Crippen LogP contribution < -0.4 is 5.73 Å². The molecule has 0 fully saturated rings. The molecule has 1 aromatic rings. The van der Waals surface area contributed by atoms with E-state index < -0.39 is 0 Å². The van der Waals surface area contributed by atoms with Crippen molar-refractivity contribution in [2.24, 2.45) is 11.7 Å². The van der Waals surface area contributed by atoms with Crippen LogP contribution >= 0.6 is 11.3 Å². The van der Waals surface area contributed by atoms with Gasteiger partial charge in [-0.25, -0.2) is 0 Å². The van der Waals surface area contributed by atoms with Crippen LogP contribution in [-0.4, -0.2) is 24.0 Å². The second-order valence-corrected chi connectivity index (χ2v) is 5.42. The lowest BCUT2D eigenvalue weighted by molar-refractivity contribution is 0.176. The van der Waals surface area contributed by atoms with Gasteiger partial charge in [-0.3, -0.25) is 4.90 Å². The molecule has 0 saturated heterocycles. The summed E-state index contributed by atoms with van der Waals surface area (Å²) >= 11 is 1.73. The average Bonchev–Trinajstić information content (AvgIpc) is 2.80. The van der Waals surface area contributed by atoms with E-state index >= 15 is 0 Å². The lowest BCUT2D eigenvalue weighted by Gasteiger charge is -2.33. The van der Waals surface area contributed by atoms with Crippen LogP contribution in [0.25, 0.3) is 0 Å². The highest BCUT2D eigenvalue weighted by molar-refractivity contribution is 7.10. The number of hydrogen-bond acceptors (Lipinski definition) is 4. The zero-order chi connectivity index (χ0) is 12.8.